The number of aromatic nitrogens is 3. The van der Waals surface area contributed by atoms with E-state index < -0.39 is 35.0 Å². The summed E-state index contributed by atoms with van der Waals surface area (Å²) in [5.74, 6) is -3.96. The van der Waals surface area contributed by atoms with Crippen molar-refractivity contribution in [1.29, 1.82) is 0 Å². The van der Waals surface area contributed by atoms with Crippen molar-refractivity contribution in [3.63, 3.8) is 0 Å². The van der Waals surface area contributed by atoms with Crippen LogP contribution in [0, 0.1) is 17.8 Å². The fourth-order valence-corrected chi connectivity index (χ4v) is 6.76. The van der Waals surface area contributed by atoms with Crippen molar-refractivity contribution >= 4 is 28.8 Å². The number of likely N-dealkylation sites (tertiary alicyclic amines) is 1. The molecule has 198 valence electrons. The molecule has 1 aromatic carbocycles. The molecule has 11 heteroatoms. The highest BCUT2D eigenvalue weighted by Gasteiger charge is 2.80. The summed E-state index contributed by atoms with van der Waals surface area (Å²) in [6.45, 7) is 7.93. The van der Waals surface area contributed by atoms with Crippen LogP contribution in [0.15, 0.2) is 36.9 Å². The average molecular weight is 512 g/mol. The number of hydrogen-bond donors (Lipinski definition) is 2. The second-order valence-corrected chi connectivity index (χ2v) is 10.6. The Morgan fingerprint density at radius 3 is 2.78 bits per heavy atom. The molecule has 2 amide bonds. The molecule has 6 atom stereocenters. The van der Waals surface area contributed by atoms with Crippen molar-refractivity contribution in [3.8, 4) is 0 Å². The van der Waals surface area contributed by atoms with Gasteiger partial charge in [0, 0.05) is 19.7 Å². The fraction of sp³-hybridized carbons (Fsp3) is 0.577. The number of amides is 2. The number of aliphatic hydroxyl groups is 1. The van der Waals surface area contributed by atoms with Gasteiger partial charge < -0.3 is 24.7 Å². The number of aliphatic carboxylic acids is 1. The maximum atomic E-state index is 14.3. The van der Waals surface area contributed by atoms with Crippen molar-refractivity contribution in [1.82, 2.24) is 24.8 Å². The number of para-hydroxylation sites is 1. The molecular formula is C26H33N5O6. The van der Waals surface area contributed by atoms with E-state index in [0.717, 1.165) is 5.52 Å². The van der Waals surface area contributed by atoms with E-state index in [2.05, 4.69) is 16.9 Å². The first-order chi connectivity index (χ1) is 17.7. The molecular weight excluding hydrogens is 478 g/mol. The molecule has 5 rings (SSSR count). The number of aliphatic hydroxyl groups excluding tert-OH is 1. The Hall–Kier alpha value is -3.31. The van der Waals surface area contributed by atoms with Crippen LogP contribution in [0.4, 0.5) is 0 Å². The zero-order valence-electron chi connectivity index (χ0n) is 21.1. The first-order valence-electron chi connectivity index (χ1n) is 12.7. The molecule has 11 nitrogen and oxygen atoms in total. The third kappa shape index (κ3) is 3.66. The Morgan fingerprint density at radius 1 is 1.32 bits per heavy atom. The molecule has 1 aromatic heterocycles. The highest BCUT2D eigenvalue weighted by molar-refractivity contribution is 5.98. The maximum Gasteiger partial charge on any atom is 0.310 e. The summed E-state index contributed by atoms with van der Waals surface area (Å²) in [7, 11) is 0. The molecule has 0 aliphatic carbocycles. The van der Waals surface area contributed by atoms with Gasteiger partial charge >= 0.3 is 5.97 Å². The van der Waals surface area contributed by atoms with Gasteiger partial charge in [-0.1, -0.05) is 30.3 Å². The van der Waals surface area contributed by atoms with E-state index in [-0.39, 0.29) is 44.1 Å². The number of rotatable bonds is 10. The normalized spacial score (nSPS) is 32.2. The summed E-state index contributed by atoms with van der Waals surface area (Å²) >= 11 is 0. The molecule has 2 N–H and O–H groups in total. The number of carbonyl (C=O) groups is 3. The van der Waals surface area contributed by atoms with Gasteiger partial charge in [-0.05, 0) is 44.2 Å². The number of ether oxygens (including phenoxy) is 1. The van der Waals surface area contributed by atoms with E-state index >= 15 is 0 Å². The van der Waals surface area contributed by atoms with Gasteiger partial charge in [-0.15, -0.1) is 11.7 Å². The molecule has 0 saturated carbocycles. The molecule has 3 aliphatic rings. The Morgan fingerprint density at radius 2 is 2.08 bits per heavy atom. The second kappa shape index (κ2) is 9.21. The molecule has 3 fully saturated rings. The third-order valence-electron chi connectivity index (χ3n) is 8.51. The zero-order valence-corrected chi connectivity index (χ0v) is 21.1. The lowest BCUT2D eigenvalue weighted by Crippen LogP contribution is -2.56. The molecule has 0 radical (unpaired) electrons. The number of carbonyl (C=O) groups excluding carboxylic acids is 2. The minimum Gasteiger partial charge on any atom is -0.481 e. The number of hydrogen-bond acceptors (Lipinski definition) is 7. The standard InChI is InChI=1S/C26H33N5O6/c1-4-11-29(15-31-18-10-6-5-9-17(18)27-28-31)23(34)21-26-14-16(2)25(3,37-26)20(24(35)36)19(26)22(33)30(21)12-7-8-13-32/h4-6,9-10,16,19-21,32H,1,7-8,11-15H2,2-3H3,(H,35,36)/t16?,19-,20+,21?,25-,26?/m0/s1. The van der Waals surface area contributed by atoms with Crippen LogP contribution in [-0.4, -0.2) is 89.7 Å². The maximum absolute atomic E-state index is 14.3. The summed E-state index contributed by atoms with van der Waals surface area (Å²) in [6.07, 6.45) is 2.95. The Labute approximate surface area is 214 Å². The number of nitrogens with zero attached hydrogens (tertiary/aromatic N) is 5. The monoisotopic (exact) mass is 511 g/mol. The van der Waals surface area contributed by atoms with Crippen LogP contribution in [0.25, 0.3) is 11.0 Å². The van der Waals surface area contributed by atoms with Gasteiger partial charge in [-0.3, -0.25) is 14.4 Å². The summed E-state index contributed by atoms with van der Waals surface area (Å²) in [5, 5.41) is 27.9. The van der Waals surface area contributed by atoms with Crippen LogP contribution >= 0.6 is 0 Å². The molecule has 4 heterocycles. The predicted octanol–water partition coefficient (Wildman–Crippen LogP) is 1.27. The molecule has 2 bridgehead atoms. The Balaban J connectivity index is 1.55. The summed E-state index contributed by atoms with van der Waals surface area (Å²) in [5.41, 5.74) is -0.840. The van der Waals surface area contributed by atoms with Gasteiger partial charge in [0.1, 0.15) is 29.7 Å². The van der Waals surface area contributed by atoms with Gasteiger partial charge in [0.2, 0.25) is 11.8 Å². The van der Waals surface area contributed by atoms with Crippen molar-refractivity contribution < 1.29 is 29.3 Å². The number of carboxylic acids is 1. The van der Waals surface area contributed by atoms with Gasteiger partial charge in [-0.2, -0.15) is 0 Å². The van der Waals surface area contributed by atoms with Gasteiger partial charge in [-0.25, -0.2) is 4.68 Å². The van der Waals surface area contributed by atoms with E-state index in [1.807, 2.05) is 31.2 Å². The third-order valence-corrected chi connectivity index (χ3v) is 8.51. The van der Waals surface area contributed by atoms with E-state index in [1.54, 1.807) is 22.6 Å². The lowest BCUT2D eigenvalue weighted by atomic mass is 9.62. The largest absolute Gasteiger partial charge is 0.481 e. The molecule has 1 spiro atoms. The smallest absolute Gasteiger partial charge is 0.310 e. The van der Waals surface area contributed by atoms with Crippen molar-refractivity contribution in [2.75, 3.05) is 19.7 Å². The number of benzene rings is 1. The zero-order chi connectivity index (χ0) is 26.5. The van der Waals surface area contributed by atoms with Crippen LogP contribution in [0.3, 0.4) is 0 Å². The Bertz CT molecular complexity index is 1250. The summed E-state index contributed by atoms with van der Waals surface area (Å²) < 4.78 is 8.15. The fourth-order valence-electron chi connectivity index (χ4n) is 6.76. The Kier molecular flexibility index (Phi) is 6.31. The first-order valence-corrected chi connectivity index (χ1v) is 12.7. The first kappa shape index (κ1) is 25.3. The molecule has 2 aromatic rings. The van der Waals surface area contributed by atoms with Crippen LogP contribution < -0.4 is 0 Å². The highest BCUT2D eigenvalue weighted by atomic mass is 16.5. The van der Waals surface area contributed by atoms with Crippen LogP contribution in [0.2, 0.25) is 0 Å². The minimum atomic E-state index is -1.24. The molecule has 37 heavy (non-hydrogen) atoms. The van der Waals surface area contributed by atoms with Gasteiger partial charge in [0.05, 0.1) is 17.0 Å². The summed E-state index contributed by atoms with van der Waals surface area (Å²) in [6, 6.07) is 6.42. The lowest BCUT2D eigenvalue weighted by molar-refractivity contribution is -0.158. The minimum absolute atomic E-state index is 0.0411. The van der Waals surface area contributed by atoms with Crippen molar-refractivity contribution in [3.05, 3.63) is 36.9 Å². The molecule has 3 unspecified atom stereocenters. The van der Waals surface area contributed by atoms with Crippen LogP contribution in [0.1, 0.15) is 33.1 Å². The molecule has 3 aliphatic heterocycles. The van der Waals surface area contributed by atoms with Crippen molar-refractivity contribution in [2.24, 2.45) is 17.8 Å². The van der Waals surface area contributed by atoms with E-state index in [0.29, 0.717) is 24.8 Å². The highest BCUT2D eigenvalue weighted by Crippen LogP contribution is 2.65. The quantitative estimate of drug-likeness (QED) is 0.359. The summed E-state index contributed by atoms with van der Waals surface area (Å²) in [4.78, 5) is 43.6. The predicted molar refractivity (Wildman–Crippen MR) is 132 cm³/mol. The lowest BCUT2D eigenvalue weighted by Gasteiger charge is -2.37. The van der Waals surface area contributed by atoms with Crippen LogP contribution in [0.5, 0.6) is 0 Å². The van der Waals surface area contributed by atoms with E-state index in [4.69, 9.17) is 4.74 Å². The average Bonchev–Trinajstić information content (AvgIpc) is 3.53. The molecule has 3 saturated heterocycles. The topological polar surface area (TPSA) is 138 Å². The van der Waals surface area contributed by atoms with Gasteiger partial charge in [0.25, 0.3) is 0 Å². The number of fused-ring (bicyclic) bond motifs is 2. The van der Waals surface area contributed by atoms with Gasteiger partial charge in [0.15, 0.2) is 0 Å². The van der Waals surface area contributed by atoms with Crippen LogP contribution in [-0.2, 0) is 25.8 Å². The van der Waals surface area contributed by atoms with E-state index in [1.165, 1.54) is 4.90 Å². The number of carboxylic acid groups (broad SMARTS) is 1. The second-order valence-electron chi connectivity index (χ2n) is 10.6. The number of unbranched alkanes of at least 4 members (excludes halogenated alkanes) is 1. The SMILES string of the molecule is C=CCN(Cn1nnc2ccccc21)C(=O)C1N(CCCCO)C(=O)[C@@H]2[C@H](C(=O)O)[C@@]3(C)OC12CC3C. The van der Waals surface area contributed by atoms with E-state index in [9.17, 15) is 24.6 Å². The van der Waals surface area contributed by atoms with Crippen molar-refractivity contribution in [2.45, 2.75) is 57.0 Å².